The van der Waals surface area contributed by atoms with Crippen LogP contribution in [0.5, 0.6) is 0 Å². The highest BCUT2D eigenvalue weighted by atomic mass is 16.1. The van der Waals surface area contributed by atoms with E-state index in [9.17, 15) is 4.79 Å². The summed E-state index contributed by atoms with van der Waals surface area (Å²) in [5.41, 5.74) is 9.13. The van der Waals surface area contributed by atoms with Gasteiger partial charge in [0.05, 0.1) is 5.69 Å². The fourth-order valence-corrected chi connectivity index (χ4v) is 2.71. The summed E-state index contributed by atoms with van der Waals surface area (Å²) in [6.45, 7) is 8.80. The molecule has 0 atom stereocenters. The van der Waals surface area contributed by atoms with Crippen LogP contribution in [0.4, 0.5) is 11.5 Å². The predicted octanol–water partition coefficient (Wildman–Crippen LogP) is 3.12. The highest BCUT2D eigenvalue weighted by Crippen LogP contribution is 2.28. The third kappa shape index (κ3) is 3.17. The van der Waals surface area contributed by atoms with Gasteiger partial charge in [0.15, 0.2) is 5.82 Å². The number of hydrogen-bond donors (Lipinski definition) is 2. The van der Waals surface area contributed by atoms with Gasteiger partial charge in [0.25, 0.3) is 0 Å². The molecule has 0 unspecified atom stereocenters. The zero-order valence-corrected chi connectivity index (χ0v) is 14.9. The highest BCUT2D eigenvalue weighted by Gasteiger charge is 2.17. The largest absolute Gasteiger partial charge is 0.366 e. The maximum absolute atomic E-state index is 11.4. The lowest BCUT2D eigenvalue weighted by Gasteiger charge is -2.12. The number of anilines is 2. The fourth-order valence-electron chi connectivity index (χ4n) is 2.71. The molecular formula is C18H22N6O. The first-order chi connectivity index (χ1) is 11.9. The first kappa shape index (κ1) is 16.9. The van der Waals surface area contributed by atoms with Gasteiger partial charge >= 0.3 is 0 Å². The van der Waals surface area contributed by atoms with Gasteiger partial charge in [0.1, 0.15) is 16.9 Å². The Morgan fingerprint density at radius 1 is 1.32 bits per heavy atom. The fraction of sp³-hybridized carbons (Fsp3) is 0.333. The summed E-state index contributed by atoms with van der Waals surface area (Å²) in [7, 11) is 0. The lowest BCUT2D eigenvalue weighted by atomic mass is 10.2. The maximum atomic E-state index is 11.4. The topological polar surface area (TPSA) is 98.7 Å². The third-order valence-electron chi connectivity index (χ3n) is 4.00. The Morgan fingerprint density at radius 3 is 2.72 bits per heavy atom. The zero-order valence-electron chi connectivity index (χ0n) is 14.9. The van der Waals surface area contributed by atoms with Crippen molar-refractivity contribution in [3.8, 4) is 0 Å². The summed E-state index contributed by atoms with van der Waals surface area (Å²) < 4.78 is 1.88. The minimum Gasteiger partial charge on any atom is -0.366 e. The number of carbonyl (C=O) groups excluding carboxylic acids is 1. The van der Waals surface area contributed by atoms with Crippen LogP contribution in [0.25, 0.3) is 11.0 Å². The van der Waals surface area contributed by atoms with E-state index < -0.39 is 5.91 Å². The number of benzene rings is 1. The summed E-state index contributed by atoms with van der Waals surface area (Å²) in [5.74, 6) is 1.15. The Labute approximate surface area is 146 Å². The van der Waals surface area contributed by atoms with Crippen molar-refractivity contribution >= 4 is 28.4 Å². The van der Waals surface area contributed by atoms with Crippen molar-refractivity contribution < 1.29 is 4.79 Å². The minimum absolute atomic E-state index is 0.186. The molecule has 0 fully saturated rings. The maximum Gasteiger partial charge on any atom is 0.248 e. The second-order valence-corrected chi connectivity index (χ2v) is 6.25. The Morgan fingerprint density at radius 2 is 2.08 bits per heavy atom. The molecule has 2 heterocycles. The van der Waals surface area contributed by atoms with E-state index in [2.05, 4.69) is 29.2 Å². The highest BCUT2D eigenvalue weighted by molar-refractivity contribution is 5.94. The van der Waals surface area contributed by atoms with Crippen LogP contribution in [0, 0.1) is 6.92 Å². The van der Waals surface area contributed by atoms with Crippen molar-refractivity contribution in [2.45, 2.75) is 40.2 Å². The average Bonchev–Trinajstić information content (AvgIpc) is 2.91. The Balaban J connectivity index is 2.16. The van der Waals surface area contributed by atoms with Crippen LogP contribution in [-0.4, -0.2) is 25.7 Å². The molecule has 1 amide bonds. The second kappa shape index (κ2) is 6.51. The lowest BCUT2D eigenvalue weighted by molar-refractivity contribution is 0.100. The van der Waals surface area contributed by atoms with Crippen molar-refractivity contribution in [1.29, 1.82) is 0 Å². The first-order valence-electron chi connectivity index (χ1n) is 8.32. The summed E-state index contributed by atoms with van der Waals surface area (Å²) >= 11 is 0. The van der Waals surface area contributed by atoms with Gasteiger partial charge in [-0.2, -0.15) is 5.10 Å². The van der Waals surface area contributed by atoms with Crippen LogP contribution in [0.2, 0.25) is 0 Å². The molecule has 0 aliphatic carbocycles. The quantitative estimate of drug-likeness (QED) is 0.744. The molecule has 25 heavy (non-hydrogen) atoms. The molecule has 7 heteroatoms. The number of aromatic nitrogens is 4. The molecule has 3 aromatic rings. The molecule has 3 rings (SSSR count). The number of nitrogens with two attached hydrogens (primary N) is 1. The van der Waals surface area contributed by atoms with E-state index in [0.29, 0.717) is 17.9 Å². The minimum atomic E-state index is -0.464. The summed E-state index contributed by atoms with van der Waals surface area (Å²) in [4.78, 5) is 20.8. The third-order valence-corrected chi connectivity index (χ3v) is 4.00. The van der Waals surface area contributed by atoms with Crippen molar-refractivity contribution in [2.24, 2.45) is 5.73 Å². The van der Waals surface area contributed by atoms with Crippen LogP contribution < -0.4 is 11.1 Å². The van der Waals surface area contributed by atoms with Gasteiger partial charge in [-0.3, -0.25) is 9.48 Å². The normalized spacial score (nSPS) is 11.2. The molecule has 0 aliphatic rings. The molecule has 1 aromatic carbocycles. The molecule has 130 valence electrons. The van der Waals surface area contributed by atoms with Gasteiger partial charge in [-0.1, -0.05) is 19.9 Å². The summed E-state index contributed by atoms with van der Waals surface area (Å²) in [6, 6.07) is 7.05. The Hall–Kier alpha value is -2.96. The van der Waals surface area contributed by atoms with E-state index in [4.69, 9.17) is 10.7 Å². The van der Waals surface area contributed by atoms with Crippen molar-refractivity contribution in [2.75, 3.05) is 5.32 Å². The molecule has 0 aliphatic heterocycles. The van der Waals surface area contributed by atoms with Crippen LogP contribution in [0.1, 0.15) is 48.6 Å². The number of nitrogens with one attached hydrogen (secondary N) is 1. The predicted molar refractivity (Wildman–Crippen MR) is 98.1 cm³/mol. The number of primary amides is 1. The number of carbonyl (C=O) groups is 1. The second-order valence-electron chi connectivity index (χ2n) is 6.25. The van der Waals surface area contributed by atoms with Gasteiger partial charge < -0.3 is 11.1 Å². The number of nitrogens with zero attached hydrogens (tertiary/aromatic N) is 4. The summed E-state index contributed by atoms with van der Waals surface area (Å²) in [6.07, 6.45) is 0. The van der Waals surface area contributed by atoms with Crippen molar-refractivity contribution in [1.82, 2.24) is 19.7 Å². The zero-order chi connectivity index (χ0) is 18.1. The molecule has 0 bridgehead atoms. The van der Waals surface area contributed by atoms with E-state index in [1.54, 1.807) is 18.2 Å². The van der Waals surface area contributed by atoms with Gasteiger partial charge in [0, 0.05) is 23.7 Å². The van der Waals surface area contributed by atoms with E-state index in [1.807, 2.05) is 24.6 Å². The molecule has 7 nitrogen and oxygen atoms in total. The lowest BCUT2D eigenvalue weighted by Crippen LogP contribution is -2.11. The molecular weight excluding hydrogens is 316 g/mol. The van der Waals surface area contributed by atoms with E-state index >= 15 is 0 Å². The average molecular weight is 338 g/mol. The van der Waals surface area contributed by atoms with Gasteiger partial charge in [-0.25, -0.2) is 9.97 Å². The Bertz CT molecular complexity index is 944. The summed E-state index contributed by atoms with van der Waals surface area (Å²) in [5, 5.41) is 7.86. The molecule has 0 spiro atoms. The molecule has 0 saturated carbocycles. The first-order valence-corrected chi connectivity index (χ1v) is 8.32. The van der Waals surface area contributed by atoms with E-state index in [-0.39, 0.29) is 5.92 Å². The van der Waals surface area contributed by atoms with Gasteiger partial charge in [0.2, 0.25) is 5.91 Å². The molecule has 0 saturated heterocycles. The Kier molecular flexibility index (Phi) is 4.39. The molecule has 3 N–H and O–H groups in total. The number of amides is 1. The molecule has 2 aromatic heterocycles. The van der Waals surface area contributed by atoms with Crippen LogP contribution in [0.15, 0.2) is 24.3 Å². The van der Waals surface area contributed by atoms with Gasteiger partial charge in [-0.15, -0.1) is 0 Å². The monoisotopic (exact) mass is 338 g/mol. The molecule has 0 radical (unpaired) electrons. The van der Waals surface area contributed by atoms with Gasteiger partial charge in [-0.05, 0) is 32.0 Å². The van der Waals surface area contributed by atoms with E-state index in [1.165, 1.54) is 0 Å². The number of aryl methyl sites for hydroxylation is 2. The SMILES string of the molecule is CCn1nc(C)c2nc(C(C)C)nc(Nc3cccc(C(N)=O)c3)c21. The van der Waals surface area contributed by atoms with Crippen LogP contribution in [0.3, 0.4) is 0 Å². The van der Waals surface area contributed by atoms with E-state index in [0.717, 1.165) is 28.2 Å². The standard InChI is InChI=1S/C18H22N6O/c1-5-24-15-14(11(4)23-24)21-17(10(2)3)22-18(15)20-13-8-6-7-12(9-13)16(19)25/h6-10H,5H2,1-4H3,(H2,19,25)(H,20,21,22). The smallest absolute Gasteiger partial charge is 0.248 e. The number of fused-ring (bicyclic) bond motifs is 1. The number of rotatable bonds is 5. The number of hydrogen-bond acceptors (Lipinski definition) is 5. The van der Waals surface area contributed by atoms with Crippen LogP contribution >= 0.6 is 0 Å². The van der Waals surface area contributed by atoms with Crippen molar-refractivity contribution in [3.05, 3.63) is 41.3 Å². The van der Waals surface area contributed by atoms with Crippen LogP contribution in [-0.2, 0) is 6.54 Å². The van der Waals surface area contributed by atoms with Crippen molar-refractivity contribution in [3.63, 3.8) is 0 Å².